The number of nitrogens with two attached hydrogens (primary N) is 1. The van der Waals surface area contributed by atoms with E-state index in [1.54, 1.807) is 19.1 Å². The highest BCUT2D eigenvalue weighted by atomic mass is 16.3. The van der Waals surface area contributed by atoms with Gasteiger partial charge in [-0.3, -0.25) is 4.79 Å². The molecule has 0 aliphatic rings. The first-order chi connectivity index (χ1) is 6.63. The van der Waals surface area contributed by atoms with Crippen molar-refractivity contribution in [3.8, 4) is 0 Å². The highest BCUT2D eigenvalue weighted by Gasteiger charge is 2.11. The Kier molecular flexibility index (Phi) is 3.71. The number of carbonyl (C=O) groups excluding carboxylic acids is 1. The van der Waals surface area contributed by atoms with Crippen LogP contribution in [-0.2, 0) is 0 Å². The molecule has 0 fully saturated rings. The number of hydrogen-bond acceptors (Lipinski definition) is 3. The number of furan rings is 1. The number of rotatable bonds is 4. The van der Waals surface area contributed by atoms with Crippen LogP contribution in [0.25, 0.3) is 0 Å². The lowest BCUT2D eigenvalue weighted by molar-refractivity contribution is 0.0909. The van der Waals surface area contributed by atoms with Gasteiger partial charge in [-0.25, -0.2) is 0 Å². The Labute approximate surface area is 83.5 Å². The molecule has 1 aromatic heterocycles. The summed E-state index contributed by atoms with van der Waals surface area (Å²) < 4.78 is 5.18. The molecule has 0 aromatic carbocycles. The maximum atomic E-state index is 11.5. The van der Waals surface area contributed by atoms with Crippen molar-refractivity contribution in [2.24, 2.45) is 5.73 Å². The summed E-state index contributed by atoms with van der Waals surface area (Å²) in [5.74, 6) is 0.909. The minimum absolute atomic E-state index is 0.0814. The minimum Gasteiger partial charge on any atom is -0.456 e. The average molecular weight is 196 g/mol. The van der Waals surface area contributed by atoms with Crippen LogP contribution in [0.4, 0.5) is 0 Å². The van der Waals surface area contributed by atoms with Crippen LogP contribution in [0.3, 0.4) is 0 Å². The fraction of sp³-hybridized carbons (Fsp3) is 0.500. The van der Waals surface area contributed by atoms with Crippen molar-refractivity contribution in [1.82, 2.24) is 5.32 Å². The van der Waals surface area contributed by atoms with Crippen molar-refractivity contribution in [1.29, 1.82) is 0 Å². The number of nitrogens with one attached hydrogen (secondary N) is 1. The molecule has 1 unspecified atom stereocenters. The average Bonchev–Trinajstić information content (AvgIpc) is 2.52. The summed E-state index contributed by atoms with van der Waals surface area (Å²) in [6.45, 7) is 4.29. The Morgan fingerprint density at radius 2 is 2.36 bits per heavy atom. The van der Waals surface area contributed by atoms with Gasteiger partial charge in [0.25, 0.3) is 5.91 Å². The van der Waals surface area contributed by atoms with Crippen LogP contribution in [0.1, 0.15) is 29.7 Å². The molecule has 4 heteroatoms. The Balaban J connectivity index is 2.50. The molecule has 0 bridgehead atoms. The Hall–Kier alpha value is -1.29. The van der Waals surface area contributed by atoms with Crippen LogP contribution >= 0.6 is 0 Å². The normalized spacial score (nSPS) is 12.5. The van der Waals surface area contributed by atoms with E-state index in [4.69, 9.17) is 10.2 Å². The van der Waals surface area contributed by atoms with E-state index in [-0.39, 0.29) is 11.9 Å². The molecule has 0 saturated heterocycles. The van der Waals surface area contributed by atoms with Crippen LogP contribution in [-0.4, -0.2) is 18.5 Å². The summed E-state index contributed by atoms with van der Waals surface area (Å²) in [7, 11) is 0. The van der Waals surface area contributed by atoms with E-state index in [1.165, 1.54) is 0 Å². The van der Waals surface area contributed by atoms with Gasteiger partial charge >= 0.3 is 0 Å². The van der Waals surface area contributed by atoms with Crippen molar-refractivity contribution in [2.75, 3.05) is 6.54 Å². The van der Waals surface area contributed by atoms with Crippen molar-refractivity contribution >= 4 is 5.91 Å². The van der Waals surface area contributed by atoms with Crippen LogP contribution in [0.2, 0.25) is 0 Å². The molecule has 0 radical (unpaired) electrons. The number of amides is 1. The van der Waals surface area contributed by atoms with E-state index in [9.17, 15) is 4.79 Å². The molecule has 14 heavy (non-hydrogen) atoms. The first-order valence-corrected chi connectivity index (χ1v) is 4.71. The van der Waals surface area contributed by atoms with Gasteiger partial charge in [0.05, 0.1) is 0 Å². The van der Waals surface area contributed by atoms with E-state index in [0.717, 1.165) is 12.2 Å². The molecule has 78 valence electrons. The molecule has 4 nitrogen and oxygen atoms in total. The van der Waals surface area contributed by atoms with Crippen LogP contribution in [0.5, 0.6) is 0 Å². The molecule has 0 aliphatic carbocycles. The minimum atomic E-state index is -0.181. The lowest BCUT2D eigenvalue weighted by Gasteiger charge is -2.10. The van der Waals surface area contributed by atoms with Gasteiger partial charge in [0, 0.05) is 6.04 Å². The maximum Gasteiger partial charge on any atom is 0.287 e. The molecule has 1 aromatic rings. The molecule has 0 saturated carbocycles. The molecule has 3 N–H and O–H groups in total. The van der Waals surface area contributed by atoms with Crippen molar-refractivity contribution < 1.29 is 9.21 Å². The molecule has 1 heterocycles. The molecule has 0 aliphatic heterocycles. The van der Waals surface area contributed by atoms with Gasteiger partial charge in [0.2, 0.25) is 0 Å². The van der Waals surface area contributed by atoms with Crippen LogP contribution < -0.4 is 11.1 Å². The van der Waals surface area contributed by atoms with Gasteiger partial charge in [-0.1, -0.05) is 0 Å². The van der Waals surface area contributed by atoms with Crippen LogP contribution in [0, 0.1) is 6.92 Å². The molecule has 1 rings (SSSR count). The highest BCUT2D eigenvalue weighted by Crippen LogP contribution is 2.06. The Morgan fingerprint density at radius 3 is 2.86 bits per heavy atom. The molecule has 1 atom stereocenters. The molecular formula is C10H16N2O2. The third-order valence-electron chi connectivity index (χ3n) is 1.94. The fourth-order valence-corrected chi connectivity index (χ4v) is 1.17. The van der Waals surface area contributed by atoms with Crippen molar-refractivity contribution in [3.63, 3.8) is 0 Å². The third kappa shape index (κ3) is 2.88. The highest BCUT2D eigenvalue weighted by molar-refractivity contribution is 5.91. The first kappa shape index (κ1) is 10.8. The van der Waals surface area contributed by atoms with E-state index in [1.807, 2.05) is 6.92 Å². The van der Waals surface area contributed by atoms with Gasteiger partial charge in [-0.05, 0) is 38.9 Å². The lowest BCUT2D eigenvalue weighted by Crippen LogP contribution is -2.33. The van der Waals surface area contributed by atoms with E-state index in [0.29, 0.717) is 12.3 Å². The second kappa shape index (κ2) is 4.81. The van der Waals surface area contributed by atoms with Crippen molar-refractivity contribution in [3.05, 3.63) is 23.7 Å². The van der Waals surface area contributed by atoms with Gasteiger partial charge in [-0.15, -0.1) is 0 Å². The number of carbonyl (C=O) groups is 1. The zero-order valence-electron chi connectivity index (χ0n) is 8.54. The van der Waals surface area contributed by atoms with E-state index >= 15 is 0 Å². The second-order valence-electron chi connectivity index (χ2n) is 3.36. The summed E-state index contributed by atoms with van der Waals surface area (Å²) in [5, 5.41) is 2.80. The summed E-state index contributed by atoms with van der Waals surface area (Å²) >= 11 is 0. The zero-order chi connectivity index (χ0) is 10.6. The van der Waals surface area contributed by atoms with Gasteiger partial charge in [0.15, 0.2) is 5.76 Å². The third-order valence-corrected chi connectivity index (χ3v) is 1.94. The predicted molar refractivity (Wildman–Crippen MR) is 54.0 cm³/mol. The fourth-order valence-electron chi connectivity index (χ4n) is 1.17. The summed E-state index contributed by atoms with van der Waals surface area (Å²) in [6.07, 6.45) is 0.769. The quantitative estimate of drug-likeness (QED) is 0.756. The summed E-state index contributed by atoms with van der Waals surface area (Å²) in [4.78, 5) is 11.5. The van der Waals surface area contributed by atoms with Gasteiger partial charge in [-0.2, -0.15) is 0 Å². The summed E-state index contributed by atoms with van der Waals surface area (Å²) in [6, 6.07) is 3.51. The van der Waals surface area contributed by atoms with Crippen molar-refractivity contribution in [2.45, 2.75) is 26.3 Å². The Bertz CT molecular complexity index is 307. The molecular weight excluding hydrogens is 180 g/mol. The zero-order valence-corrected chi connectivity index (χ0v) is 8.54. The lowest BCUT2D eigenvalue weighted by atomic mass is 10.2. The largest absolute Gasteiger partial charge is 0.456 e. The number of hydrogen-bond donors (Lipinski definition) is 2. The monoisotopic (exact) mass is 196 g/mol. The Morgan fingerprint density at radius 1 is 1.64 bits per heavy atom. The summed E-state index contributed by atoms with van der Waals surface area (Å²) in [5.41, 5.74) is 5.37. The van der Waals surface area contributed by atoms with Gasteiger partial charge < -0.3 is 15.5 Å². The SMILES string of the molecule is Cc1ccc(C(=O)NC(C)CCN)o1. The smallest absolute Gasteiger partial charge is 0.287 e. The standard InChI is InChI=1S/C10H16N2O2/c1-7(5-6-11)12-10(13)9-4-3-8(2)14-9/h3-4,7H,5-6,11H2,1-2H3,(H,12,13). The maximum absolute atomic E-state index is 11.5. The van der Waals surface area contributed by atoms with E-state index < -0.39 is 0 Å². The first-order valence-electron chi connectivity index (χ1n) is 4.71. The second-order valence-corrected chi connectivity index (χ2v) is 3.36. The van der Waals surface area contributed by atoms with Crippen LogP contribution in [0.15, 0.2) is 16.5 Å². The number of aryl methyl sites for hydroxylation is 1. The van der Waals surface area contributed by atoms with Gasteiger partial charge in [0.1, 0.15) is 5.76 Å². The molecule has 0 spiro atoms. The predicted octanol–water partition coefficient (Wildman–Crippen LogP) is 1.06. The molecule has 1 amide bonds. The van der Waals surface area contributed by atoms with E-state index in [2.05, 4.69) is 5.32 Å². The topological polar surface area (TPSA) is 68.3 Å².